The second-order valence-corrected chi connectivity index (χ2v) is 6.28. The van der Waals surface area contributed by atoms with Crippen LogP contribution in [-0.4, -0.2) is 14.5 Å². The van der Waals surface area contributed by atoms with Crippen molar-refractivity contribution in [2.75, 3.05) is 5.73 Å². The van der Waals surface area contributed by atoms with Gasteiger partial charge in [0.2, 0.25) is 0 Å². The molecule has 1 aromatic carbocycles. The maximum absolute atomic E-state index is 5.86. The third kappa shape index (κ3) is 2.41. The van der Waals surface area contributed by atoms with E-state index in [2.05, 4.69) is 22.5 Å². The summed E-state index contributed by atoms with van der Waals surface area (Å²) in [5.74, 6) is 1.12. The predicted molar refractivity (Wildman–Crippen MR) is 84.1 cm³/mol. The first-order valence-corrected chi connectivity index (χ1v) is 7.65. The molecule has 0 radical (unpaired) electrons. The highest BCUT2D eigenvalue weighted by molar-refractivity contribution is 7.11. The summed E-state index contributed by atoms with van der Waals surface area (Å²) in [7, 11) is 0. The maximum Gasteiger partial charge on any atom is 0.110 e. The van der Waals surface area contributed by atoms with Crippen molar-refractivity contribution in [2.24, 2.45) is 0 Å². The molecule has 2 heterocycles. The lowest BCUT2D eigenvalue weighted by Gasteiger charge is -2.07. The van der Waals surface area contributed by atoms with E-state index in [9.17, 15) is 0 Å². The molecule has 5 heteroatoms. The molecule has 0 aliphatic heterocycles. The lowest BCUT2D eigenvalue weighted by atomic mass is 10.3. The van der Waals surface area contributed by atoms with Gasteiger partial charge in [0.25, 0.3) is 0 Å². The van der Waals surface area contributed by atoms with E-state index in [1.165, 1.54) is 4.88 Å². The van der Waals surface area contributed by atoms with Gasteiger partial charge in [-0.25, -0.2) is 9.97 Å². The molecule has 0 saturated carbocycles. The van der Waals surface area contributed by atoms with E-state index in [1.807, 2.05) is 25.3 Å². The van der Waals surface area contributed by atoms with Crippen LogP contribution in [-0.2, 0) is 13.0 Å². The predicted octanol–water partition coefficient (Wildman–Crippen LogP) is 3.38. The highest BCUT2D eigenvalue weighted by atomic mass is 32.1. The van der Waals surface area contributed by atoms with Crippen LogP contribution in [0.4, 0.5) is 5.69 Å². The minimum atomic E-state index is 0.763. The number of rotatable bonds is 4. The molecule has 0 amide bonds. The molecular weight excluding hydrogens is 268 g/mol. The zero-order chi connectivity index (χ0) is 14.1. The summed E-state index contributed by atoms with van der Waals surface area (Å²) in [4.78, 5) is 10.3. The maximum atomic E-state index is 5.86. The van der Waals surface area contributed by atoms with Gasteiger partial charge in [0, 0.05) is 23.2 Å². The molecule has 0 unspecified atom stereocenters. The Morgan fingerprint density at radius 3 is 2.90 bits per heavy atom. The van der Waals surface area contributed by atoms with Crippen LogP contribution in [0.1, 0.15) is 29.1 Å². The molecular formula is C15H18N4S. The molecule has 20 heavy (non-hydrogen) atoms. The number of aromatic nitrogens is 3. The average molecular weight is 286 g/mol. The monoisotopic (exact) mass is 286 g/mol. The van der Waals surface area contributed by atoms with E-state index in [-0.39, 0.29) is 0 Å². The summed E-state index contributed by atoms with van der Waals surface area (Å²) in [6.07, 6.45) is 4.02. The number of hydrogen-bond acceptors (Lipinski definition) is 4. The Morgan fingerprint density at radius 1 is 1.35 bits per heavy atom. The number of benzene rings is 1. The summed E-state index contributed by atoms with van der Waals surface area (Å²) in [5, 5.41) is 1.10. The summed E-state index contributed by atoms with van der Waals surface area (Å²) < 4.78 is 2.28. The molecule has 0 atom stereocenters. The molecule has 2 N–H and O–H groups in total. The van der Waals surface area contributed by atoms with E-state index in [1.54, 1.807) is 11.3 Å². The first kappa shape index (κ1) is 13.1. The second-order valence-electron chi connectivity index (χ2n) is 4.96. The van der Waals surface area contributed by atoms with Crippen LogP contribution < -0.4 is 5.73 Å². The summed E-state index contributed by atoms with van der Waals surface area (Å²) in [6.45, 7) is 5.05. The fourth-order valence-electron chi connectivity index (χ4n) is 2.42. The molecule has 0 saturated heterocycles. The molecule has 104 valence electrons. The Hall–Kier alpha value is -1.88. The zero-order valence-corrected chi connectivity index (χ0v) is 12.6. The molecule has 2 aromatic heterocycles. The third-order valence-electron chi connectivity index (χ3n) is 3.31. The van der Waals surface area contributed by atoms with Gasteiger partial charge in [-0.2, -0.15) is 0 Å². The van der Waals surface area contributed by atoms with Gasteiger partial charge in [-0.1, -0.05) is 6.92 Å². The van der Waals surface area contributed by atoms with E-state index in [0.29, 0.717) is 0 Å². The van der Waals surface area contributed by atoms with Crippen LogP contribution in [0.25, 0.3) is 11.0 Å². The molecule has 4 nitrogen and oxygen atoms in total. The molecule has 3 aromatic rings. The Labute approximate surface area is 122 Å². The highest BCUT2D eigenvalue weighted by Gasteiger charge is 2.11. The molecule has 0 fully saturated rings. The van der Waals surface area contributed by atoms with Crippen molar-refractivity contribution in [1.82, 2.24) is 14.5 Å². The third-order valence-corrected chi connectivity index (χ3v) is 4.21. The van der Waals surface area contributed by atoms with Gasteiger partial charge in [0.1, 0.15) is 5.82 Å². The van der Waals surface area contributed by atoms with Crippen LogP contribution in [0.15, 0.2) is 24.4 Å². The van der Waals surface area contributed by atoms with E-state index in [4.69, 9.17) is 10.7 Å². The fraction of sp³-hybridized carbons (Fsp3) is 0.333. The zero-order valence-electron chi connectivity index (χ0n) is 11.8. The Morgan fingerprint density at radius 2 is 2.20 bits per heavy atom. The van der Waals surface area contributed by atoms with Gasteiger partial charge >= 0.3 is 0 Å². The largest absolute Gasteiger partial charge is 0.399 e. The van der Waals surface area contributed by atoms with E-state index in [0.717, 1.165) is 46.9 Å². The van der Waals surface area contributed by atoms with Gasteiger partial charge < -0.3 is 10.3 Å². The molecule has 0 aliphatic rings. The van der Waals surface area contributed by atoms with Crippen LogP contribution in [0.5, 0.6) is 0 Å². The number of nitrogens with two attached hydrogens (primary N) is 1. The van der Waals surface area contributed by atoms with Crippen molar-refractivity contribution in [3.63, 3.8) is 0 Å². The van der Waals surface area contributed by atoms with Crippen LogP contribution in [0.2, 0.25) is 0 Å². The Balaban J connectivity index is 2.08. The summed E-state index contributed by atoms with van der Waals surface area (Å²) in [6, 6.07) is 5.95. The van der Waals surface area contributed by atoms with Gasteiger partial charge in [-0.15, -0.1) is 11.3 Å². The van der Waals surface area contributed by atoms with Crippen molar-refractivity contribution in [2.45, 2.75) is 33.2 Å². The lowest BCUT2D eigenvalue weighted by Crippen LogP contribution is -2.04. The standard InChI is InChI=1S/C15H18N4S/c1-3-4-15-18-13-7-11(16)5-6-14(13)19(15)9-12-8-17-10(2)20-12/h5-8H,3-4,9,16H2,1-2H3. The normalized spacial score (nSPS) is 11.3. The van der Waals surface area contributed by atoms with Gasteiger partial charge in [-0.3, -0.25) is 0 Å². The number of nitrogen functional groups attached to an aromatic ring is 1. The fourth-order valence-corrected chi connectivity index (χ4v) is 3.21. The minimum Gasteiger partial charge on any atom is -0.399 e. The van der Waals surface area contributed by atoms with E-state index >= 15 is 0 Å². The summed E-state index contributed by atoms with van der Waals surface area (Å²) >= 11 is 1.74. The van der Waals surface area contributed by atoms with Crippen molar-refractivity contribution in [3.05, 3.63) is 40.1 Å². The molecule has 3 rings (SSSR count). The van der Waals surface area contributed by atoms with Crippen molar-refractivity contribution < 1.29 is 0 Å². The van der Waals surface area contributed by atoms with Crippen molar-refractivity contribution >= 4 is 28.1 Å². The van der Waals surface area contributed by atoms with Crippen molar-refractivity contribution in [3.8, 4) is 0 Å². The van der Waals surface area contributed by atoms with E-state index < -0.39 is 0 Å². The quantitative estimate of drug-likeness (QED) is 0.748. The van der Waals surface area contributed by atoms with Gasteiger partial charge in [-0.05, 0) is 31.5 Å². The Bertz CT molecular complexity index is 741. The van der Waals surface area contributed by atoms with Crippen molar-refractivity contribution in [1.29, 1.82) is 0 Å². The Kier molecular flexibility index (Phi) is 3.44. The number of hydrogen-bond donors (Lipinski definition) is 1. The number of fused-ring (bicyclic) bond motifs is 1. The SMILES string of the molecule is CCCc1nc2cc(N)ccc2n1Cc1cnc(C)s1. The smallest absolute Gasteiger partial charge is 0.110 e. The van der Waals surface area contributed by atoms with Crippen LogP contribution in [0, 0.1) is 6.92 Å². The minimum absolute atomic E-state index is 0.763. The highest BCUT2D eigenvalue weighted by Crippen LogP contribution is 2.23. The lowest BCUT2D eigenvalue weighted by molar-refractivity contribution is 0.727. The second kappa shape index (κ2) is 5.25. The number of nitrogens with zero attached hydrogens (tertiary/aromatic N) is 3. The number of anilines is 1. The van der Waals surface area contributed by atoms with Gasteiger partial charge in [0.15, 0.2) is 0 Å². The summed E-state index contributed by atoms with van der Waals surface area (Å²) in [5.41, 5.74) is 8.75. The van der Waals surface area contributed by atoms with Crippen LogP contribution in [0.3, 0.4) is 0 Å². The number of aryl methyl sites for hydroxylation is 2. The molecule has 0 aliphatic carbocycles. The molecule has 0 bridgehead atoms. The number of imidazole rings is 1. The molecule has 0 spiro atoms. The van der Waals surface area contributed by atoms with Crippen LogP contribution >= 0.6 is 11.3 Å². The topological polar surface area (TPSA) is 56.7 Å². The first-order valence-electron chi connectivity index (χ1n) is 6.83. The number of thiazole rings is 1. The average Bonchev–Trinajstić information content (AvgIpc) is 2.95. The van der Waals surface area contributed by atoms with Gasteiger partial charge in [0.05, 0.1) is 22.6 Å². The first-order chi connectivity index (χ1) is 9.67.